The van der Waals surface area contributed by atoms with Crippen molar-refractivity contribution in [1.82, 2.24) is 0 Å². The van der Waals surface area contributed by atoms with Gasteiger partial charge in [0, 0.05) is 26.8 Å². The van der Waals surface area contributed by atoms with Gasteiger partial charge in [-0.2, -0.15) is 0 Å². The molecular weight excluding hydrogens is 478 g/mol. The van der Waals surface area contributed by atoms with Gasteiger partial charge in [-0.3, -0.25) is 4.79 Å². The Balaban J connectivity index is 1.54. The van der Waals surface area contributed by atoms with Crippen molar-refractivity contribution < 1.29 is 14.3 Å². The lowest BCUT2D eigenvalue weighted by atomic mass is 10.1. The highest BCUT2D eigenvalue weighted by Crippen LogP contribution is 2.33. The normalized spacial score (nSPS) is 10.6. The molecule has 0 unspecified atom stereocenters. The highest BCUT2D eigenvalue weighted by Gasteiger charge is 2.15. The number of aryl methyl sites for hydroxylation is 1. The zero-order valence-corrected chi connectivity index (χ0v) is 21.2. The maximum atomic E-state index is 13.2. The monoisotopic (exact) mass is 503 g/mol. The van der Waals surface area contributed by atoms with Crippen molar-refractivity contribution in [1.29, 1.82) is 0 Å². The number of hydrogen-bond donors (Lipinski definition) is 1. The quantitative estimate of drug-likeness (QED) is 0.233. The number of hydrogen-bond acceptors (Lipinski definition) is 4. The van der Waals surface area contributed by atoms with Crippen LogP contribution in [-0.4, -0.2) is 12.5 Å². The molecule has 0 bridgehead atoms. The van der Waals surface area contributed by atoms with E-state index in [2.05, 4.69) is 36.5 Å². The summed E-state index contributed by atoms with van der Waals surface area (Å²) in [4.78, 5) is 14.4. The van der Waals surface area contributed by atoms with Crippen LogP contribution >= 0.6 is 23.4 Å². The van der Waals surface area contributed by atoms with Gasteiger partial charge >= 0.3 is 0 Å². The minimum Gasteiger partial charge on any atom is -0.494 e. The summed E-state index contributed by atoms with van der Waals surface area (Å²) >= 11 is 7.92. The number of nitrogens with one attached hydrogen (secondary N) is 1. The van der Waals surface area contributed by atoms with E-state index in [9.17, 15) is 4.79 Å². The number of ether oxygens (including phenoxy) is 2. The molecular formula is C29H26ClNO3S. The third-order valence-electron chi connectivity index (χ3n) is 5.20. The van der Waals surface area contributed by atoms with E-state index in [-0.39, 0.29) is 5.91 Å². The molecule has 6 heteroatoms. The first-order valence-corrected chi connectivity index (χ1v) is 12.7. The Morgan fingerprint density at radius 1 is 0.914 bits per heavy atom. The van der Waals surface area contributed by atoms with E-state index in [0.29, 0.717) is 40.1 Å². The molecule has 35 heavy (non-hydrogen) atoms. The number of anilines is 1. The van der Waals surface area contributed by atoms with Gasteiger partial charge in [0.1, 0.15) is 11.5 Å². The summed E-state index contributed by atoms with van der Waals surface area (Å²) in [5.41, 5.74) is 3.20. The predicted molar refractivity (Wildman–Crippen MR) is 144 cm³/mol. The first-order chi connectivity index (χ1) is 17.0. The third kappa shape index (κ3) is 6.81. The van der Waals surface area contributed by atoms with Gasteiger partial charge in [-0.25, -0.2) is 0 Å². The second-order valence-corrected chi connectivity index (χ2v) is 9.35. The van der Waals surface area contributed by atoms with E-state index >= 15 is 0 Å². The highest BCUT2D eigenvalue weighted by molar-refractivity contribution is 7.98. The molecule has 0 heterocycles. The van der Waals surface area contributed by atoms with Crippen LogP contribution in [0.5, 0.6) is 17.2 Å². The lowest BCUT2D eigenvalue weighted by Crippen LogP contribution is -2.13. The zero-order valence-electron chi connectivity index (χ0n) is 19.6. The Labute approximate surface area is 215 Å². The lowest BCUT2D eigenvalue weighted by Gasteiger charge is -2.15. The number of carbonyl (C=O) groups excluding carboxylic acids is 1. The van der Waals surface area contributed by atoms with Crippen LogP contribution in [0.25, 0.3) is 0 Å². The number of carbonyl (C=O) groups is 1. The second-order valence-electron chi connectivity index (χ2n) is 7.87. The Morgan fingerprint density at radius 2 is 1.66 bits per heavy atom. The molecule has 178 valence electrons. The SMILES string of the molecule is CCOc1ccc(C(=O)Nc2cc(Cl)ccc2Oc2ccccc2)cc1CSc1ccc(C)cc1. The summed E-state index contributed by atoms with van der Waals surface area (Å²) in [6.45, 7) is 4.57. The molecule has 0 saturated heterocycles. The van der Waals surface area contributed by atoms with Crippen LogP contribution in [0, 0.1) is 6.92 Å². The van der Waals surface area contributed by atoms with Crippen molar-refractivity contribution in [3.63, 3.8) is 0 Å². The largest absolute Gasteiger partial charge is 0.494 e. The van der Waals surface area contributed by atoms with E-state index in [1.165, 1.54) is 5.56 Å². The molecule has 1 amide bonds. The number of rotatable bonds is 9. The van der Waals surface area contributed by atoms with Crippen molar-refractivity contribution in [2.24, 2.45) is 0 Å². The van der Waals surface area contributed by atoms with Gasteiger partial charge in [0.15, 0.2) is 5.75 Å². The molecule has 0 aromatic heterocycles. The highest BCUT2D eigenvalue weighted by atomic mass is 35.5. The van der Waals surface area contributed by atoms with Crippen molar-refractivity contribution in [2.45, 2.75) is 24.5 Å². The number of para-hydroxylation sites is 1. The molecule has 4 aromatic rings. The minimum atomic E-state index is -0.255. The number of thioether (sulfide) groups is 1. The predicted octanol–water partition coefficient (Wildman–Crippen LogP) is 8.38. The van der Waals surface area contributed by atoms with Crippen LogP contribution in [0.2, 0.25) is 5.02 Å². The molecule has 0 saturated carbocycles. The van der Waals surface area contributed by atoms with E-state index in [1.54, 1.807) is 36.0 Å². The van der Waals surface area contributed by atoms with Gasteiger partial charge in [-0.1, -0.05) is 47.5 Å². The Morgan fingerprint density at radius 3 is 2.40 bits per heavy atom. The van der Waals surface area contributed by atoms with Crippen molar-refractivity contribution in [3.05, 3.63) is 113 Å². The fourth-order valence-electron chi connectivity index (χ4n) is 3.42. The molecule has 4 rings (SSSR count). The Kier molecular flexibility index (Phi) is 8.35. The molecule has 4 nitrogen and oxygen atoms in total. The molecule has 0 aliphatic carbocycles. The summed E-state index contributed by atoms with van der Waals surface area (Å²) < 4.78 is 11.8. The van der Waals surface area contributed by atoms with E-state index in [4.69, 9.17) is 21.1 Å². The Hall–Kier alpha value is -3.41. The van der Waals surface area contributed by atoms with Crippen LogP contribution in [-0.2, 0) is 5.75 Å². The maximum Gasteiger partial charge on any atom is 0.255 e. The Bertz CT molecular complexity index is 1290. The zero-order chi connectivity index (χ0) is 24.6. The molecule has 1 N–H and O–H groups in total. The molecule has 0 aliphatic heterocycles. The summed E-state index contributed by atoms with van der Waals surface area (Å²) in [5.74, 6) is 2.38. The average Bonchev–Trinajstić information content (AvgIpc) is 2.87. The minimum absolute atomic E-state index is 0.255. The smallest absolute Gasteiger partial charge is 0.255 e. The van der Waals surface area contributed by atoms with Gasteiger partial charge in [-0.15, -0.1) is 11.8 Å². The topological polar surface area (TPSA) is 47.6 Å². The van der Waals surface area contributed by atoms with Crippen LogP contribution in [0.3, 0.4) is 0 Å². The van der Waals surface area contributed by atoms with Gasteiger partial charge in [0.05, 0.1) is 12.3 Å². The van der Waals surface area contributed by atoms with Crippen molar-refractivity contribution in [3.8, 4) is 17.2 Å². The fraction of sp³-hybridized carbons (Fsp3) is 0.138. The van der Waals surface area contributed by atoms with Crippen LogP contribution in [0.4, 0.5) is 5.69 Å². The number of amides is 1. The number of benzene rings is 4. The average molecular weight is 504 g/mol. The summed E-state index contributed by atoms with van der Waals surface area (Å²) in [6.07, 6.45) is 0. The second kappa shape index (κ2) is 11.8. The maximum absolute atomic E-state index is 13.2. The molecule has 0 aliphatic rings. The molecule has 4 aromatic carbocycles. The van der Waals surface area contributed by atoms with E-state index < -0.39 is 0 Å². The van der Waals surface area contributed by atoms with Gasteiger partial charge in [0.2, 0.25) is 0 Å². The lowest BCUT2D eigenvalue weighted by molar-refractivity contribution is 0.102. The first-order valence-electron chi connectivity index (χ1n) is 11.3. The summed E-state index contributed by atoms with van der Waals surface area (Å²) in [5, 5.41) is 3.45. The van der Waals surface area contributed by atoms with Crippen molar-refractivity contribution in [2.75, 3.05) is 11.9 Å². The van der Waals surface area contributed by atoms with E-state index in [0.717, 1.165) is 16.2 Å². The van der Waals surface area contributed by atoms with Crippen molar-refractivity contribution >= 4 is 35.0 Å². The first kappa shape index (κ1) is 24.7. The standard InChI is InChI=1S/C29H26ClNO3S/c1-3-33-27-15-11-21(17-22(27)19-35-25-13-9-20(2)10-14-25)29(32)31-26-18-23(30)12-16-28(26)34-24-7-5-4-6-8-24/h4-18H,3,19H2,1-2H3,(H,31,32). The molecule has 0 atom stereocenters. The third-order valence-corrected chi connectivity index (χ3v) is 6.49. The fourth-order valence-corrected chi connectivity index (χ4v) is 4.47. The summed E-state index contributed by atoms with van der Waals surface area (Å²) in [6, 6.07) is 28.4. The van der Waals surface area contributed by atoms with Crippen LogP contribution in [0.15, 0.2) is 95.9 Å². The van der Waals surface area contributed by atoms with Crippen LogP contribution in [0.1, 0.15) is 28.4 Å². The van der Waals surface area contributed by atoms with Gasteiger partial charge in [0.25, 0.3) is 5.91 Å². The van der Waals surface area contributed by atoms with E-state index in [1.807, 2.05) is 49.4 Å². The molecule has 0 radical (unpaired) electrons. The van der Waals surface area contributed by atoms with Crippen LogP contribution < -0.4 is 14.8 Å². The molecule has 0 fully saturated rings. The van der Waals surface area contributed by atoms with Gasteiger partial charge < -0.3 is 14.8 Å². The number of halogens is 1. The summed E-state index contributed by atoms with van der Waals surface area (Å²) in [7, 11) is 0. The van der Waals surface area contributed by atoms with Gasteiger partial charge in [-0.05, 0) is 74.5 Å². The molecule has 0 spiro atoms.